The molecule has 0 spiro atoms. The van der Waals surface area contributed by atoms with E-state index >= 15 is 0 Å². The van der Waals surface area contributed by atoms with Crippen LogP contribution in [0, 0.1) is 5.92 Å². The van der Waals surface area contributed by atoms with Gasteiger partial charge in [-0.05, 0) is 49.9 Å². The van der Waals surface area contributed by atoms with Gasteiger partial charge >= 0.3 is 0 Å². The van der Waals surface area contributed by atoms with Crippen molar-refractivity contribution in [2.24, 2.45) is 5.92 Å². The first-order valence-corrected chi connectivity index (χ1v) is 11.1. The number of nitrogens with zero attached hydrogens (tertiary/aromatic N) is 3. The van der Waals surface area contributed by atoms with Gasteiger partial charge in [0, 0.05) is 19.0 Å². The molecule has 3 heterocycles. The van der Waals surface area contributed by atoms with Crippen LogP contribution in [0.5, 0.6) is 0 Å². The lowest BCUT2D eigenvalue weighted by atomic mass is 9.82. The number of thiazole rings is 1. The normalized spacial score (nSPS) is 21.6. The van der Waals surface area contributed by atoms with Gasteiger partial charge in [-0.1, -0.05) is 24.3 Å². The van der Waals surface area contributed by atoms with Crippen LogP contribution < -0.4 is 10.2 Å². The SMILES string of the molecule is O=C(Nc1ccc(N2CCCC2)nc1)C1CC=CCC1c1nc2ccccc2s1. The number of aromatic nitrogens is 2. The van der Waals surface area contributed by atoms with Crippen LogP contribution in [0.1, 0.15) is 36.6 Å². The molecule has 1 amide bonds. The van der Waals surface area contributed by atoms with Gasteiger partial charge in [-0.3, -0.25) is 4.79 Å². The van der Waals surface area contributed by atoms with Crippen molar-refractivity contribution in [1.82, 2.24) is 9.97 Å². The van der Waals surface area contributed by atoms with Crippen LogP contribution in [0.3, 0.4) is 0 Å². The Bertz CT molecular complexity index is 1000. The lowest BCUT2D eigenvalue weighted by Gasteiger charge is -2.26. The van der Waals surface area contributed by atoms with Crippen molar-refractivity contribution >= 4 is 39.0 Å². The predicted molar refractivity (Wildman–Crippen MR) is 119 cm³/mol. The van der Waals surface area contributed by atoms with Crippen molar-refractivity contribution in [2.45, 2.75) is 31.6 Å². The minimum absolute atomic E-state index is 0.0503. The highest BCUT2D eigenvalue weighted by molar-refractivity contribution is 7.18. The molecule has 5 nitrogen and oxygen atoms in total. The van der Waals surface area contributed by atoms with Gasteiger partial charge in [0.15, 0.2) is 0 Å². The van der Waals surface area contributed by atoms with Crippen molar-refractivity contribution in [1.29, 1.82) is 0 Å². The molecule has 3 aromatic rings. The number of anilines is 2. The molecule has 1 aliphatic heterocycles. The second-order valence-corrected chi connectivity index (χ2v) is 8.83. The number of rotatable bonds is 4. The molecule has 0 saturated carbocycles. The summed E-state index contributed by atoms with van der Waals surface area (Å²) in [6, 6.07) is 12.1. The average molecular weight is 405 g/mol. The van der Waals surface area contributed by atoms with E-state index in [-0.39, 0.29) is 17.7 Å². The van der Waals surface area contributed by atoms with Crippen LogP contribution in [-0.4, -0.2) is 29.0 Å². The first-order chi connectivity index (χ1) is 14.3. The molecule has 1 aromatic carbocycles. The zero-order valence-corrected chi connectivity index (χ0v) is 17.1. The molecule has 2 aliphatic rings. The van der Waals surface area contributed by atoms with E-state index in [9.17, 15) is 4.79 Å². The van der Waals surface area contributed by atoms with Gasteiger partial charge in [-0.2, -0.15) is 0 Å². The smallest absolute Gasteiger partial charge is 0.228 e. The number of allylic oxidation sites excluding steroid dienone is 2. The minimum Gasteiger partial charge on any atom is -0.357 e. The van der Waals surface area contributed by atoms with Crippen LogP contribution in [0.4, 0.5) is 11.5 Å². The topological polar surface area (TPSA) is 58.1 Å². The number of carbonyl (C=O) groups excluding carboxylic acids is 1. The molecule has 148 valence electrons. The van der Waals surface area contributed by atoms with Crippen molar-refractivity contribution in [3.8, 4) is 0 Å². The molecule has 2 aromatic heterocycles. The van der Waals surface area contributed by atoms with Crippen molar-refractivity contribution < 1.29 is 4.79 Å². The third kappa shape index (κ3) is 3.77. The molecular formula is C23H24N4OS. The Morgan fingerprint density at radius 1 is 1.07 bits per heavy atom. The maximum absolute atomic E-state index is 13.1. The third-order valence-electron chi connectivity index (χ3n) is 5.84. The molecule has 2 unspecified atom stereocenters. The maximum Gasteiger partial charge on any atom is 0.228 e. The summed E-state index contributed by atoms with van der Waals surface area (Å²) in [6.45, 7) is 2.13. The molecule has 1 aliphatic carbocycles. The number of benzene rings is 1. The van der Waals surface area contributed by atoms with E-state index in [4.69, 9.17) is 4.98 Å². The monoisotopic (exact) mass is 404 g/mol. The molecule has 0 radical (unpaired) electrons. The van der Waals surface area contributed by atoms with Crippen LogP contribution >= 0.6 is 11.3 Å². The number of hydrogen-bond acceptors (Lipinski definition) is 5. The average Bonchev–Trinajstić information content (AvgIpc) is 3.44. The molecule has 1 saturated heterocycles. The van der Waals surface area contributed by atoms with Gasteiger partial charge < -0.3 is 10.2 Å². The number of nitrogens with one attached hydrogen (secondary N) is 1. The van der Waals surface area contributed by atoms with E-state index in [1.54, 1.807) is 17.5 Å². The van der Waals surface area contributed by atoms with E-state index < -0.39 is 0 Å². The number of amides is 1. The van der Waals surface area contributed by atoms with Gasteiger partial charge in [0.2, 0.25) is 5.91 Å². The van der Waals surface area contributed by atoms with Crippen molar-refractivity contribution in [3.63, 3.8) is 0 Å². The van der Waals surface area contributed by atoms with E-state index in [1.807, 2.05) is 30.3 Å². The number of carbonyl (C=O) groups is 1. The quantitative estimate of drug-likeness (QED) is 0.623. The fourth-order valence-electron chi connectivity index (χ4n) is 4.25. The summed E-state index contributed by atoms with van der Waals surface area (Å²) in [7, 11) is 0. The highest BCUT2D eigenvalue weighted by Crippen LogP contribution is 2.39. The standard InChI is InChI=1S/C23H24N4OS/c28-22(25-16-11-12-21(24-15-16)27-13-5-6-14-27)17-7-1-2-8-18(17)23-26-19-9-3-4-10-20(19)29-23/h1-4,9-12,15,17-18H,5-8,13-14H2,(H,25,28). The van der Waals surface area contributed by atoms with Crippen LogP contribution in [0.25, 0.3) is 10.2 Å². The molecule has 1 N–H and O–H groups in total. The molecular weight excluding hydrogens is 380 g/mol. The van der Waals surface area contributed by atoms with Gasteiger partial charge in [0.25, 0.3) is 0 Å². The molecule has 0 bridgehead atoms. The molecule has 6 heteroatoms. The summed E-state index contributed by atoms with van der Waals surface area (Å²) in [5.74, 6) is 1.05. The summed E-state index contributed by atoms with van der Waals surface area (Å²) in [6.07, 6.45) is 10.1. The lowest BCUT2D eigenvalue weighted by molar-refractivity contribution is -0.120. The first kappa shape index (κ1) is 18.3. The zero-order chi connectivity index (χ0) is 19.6. The molecule has 29 heavy (non-hydrogen) atoms. The molecule has 1 fully saturated rings. The third-order valence-corrected chi connectivity index (χ3v) is 7.01. The summed E-state index contributed by atoms with van der Waals surface area (Å²) in [5, 5.41) is 4.14. The fourth-order valence-corrected chi connectivity index (χ4v) is 5.40. The second-order valence-electron chi connectivity index (χ2n) is 7.76. The van der Waals surface area contributed by atoms with E-state index in [2.05, 4.69) is 33.4 Å². The maximum atomic E-state index is 13.1. The van der Waals surface area contributed by atoms with Gasteiger partial charge in [-0.25, -0.2) is 9.97 Å². The van der Waals surface area contributed by atoms with Crippen LogP contribution in [-0.2, 0) is 4.79 Å². The zero-order valence-electron chi connectivity index (χ0n) is 16.3. The van der Waals surface area contributed by atoms with Crippen LogP contribution in [0.2, 0.25) is 0 Å². The van der Waals surface area contributed by atoms with Gasteiger partial charge in [-0.15, -0.1) is 11.3 Å². The van der Waals surface area contributed by atoms with E-state index in [0.29, 0.717) is 0 Å². The van der Waals surface area contributed by atoms with Crippen molar-refractivity contribution in [2.75, 3.05) is 23.3 Å². The van der Waals surface area contributed by atoms with Crippen LogP contribution in [0.15, 0.2) is 54.7 Å². The number of pyridine rings is 1. The second kappa shape index (κ2) is 7.95. The summed E-state index contributed by atoms with van der Waals surface area (Å²) < 4.78 is 1.18. The number of hydrogen-bond donors (Lipinski definition) is 1. The Kier molecular flexibility index (Phi) is 5.02. The highest BCUT2D eigenvalue weighted by atomic mass is 32.1. The Hall–Kier alpha value is -2.73. The minimum atomic E-state index is -0.112. The predicted octanol–water partition coefficient (Wildman–Crippen LogP) is 4.98. The van der Waals surface area contributed by atoms with E-state index in [0.717, 1.165) is 48.0 Å². The van der Waals surface area contributed by atoms with E-state index in [1.165, 1.54) is 17.5 Å². The fraction of sp³-hybridized carbons (Fsp3) is 0.348. The highest BCUT2D eigenvalue weighted by Gasteiger charge is 2.32. The van der Waals surface area contributed by atoms with Gasteiger partial charge in [0.05, 0.1) is 33.0 Å². The van der Waals surface area contributed by atoms with Gasteiger partial charge in [0.1, 0.15) is 5.82 Å². The largest absolute Gasteiger partial charge is 0.357 e. The molecule has 5 rings (SSSR count). The first-order valence-electron chi connectivity index (χ1n) is 10.3. The number of fused-ring (bicyclic) bond motifs is 1. The van der Waals surface area contributed by atoms with Crippen molar-refractivity contribution in [3.05, 3.63) is 59.8 Å². The Morgan fingerprint density at radius 3 is 2.69 bits per heavy atom. The Balaban J connectivity index is 1.32. The summed E-state index contributed by atoms with van der Waals surface area (Å²) in [4.78, 5) is 24.8. The Labute approximate surface area is 174 Å². The lowest BCUT2D eigenvalue weighted by Crippen LogP contribution is -2.29. The summed E-state index contributed by atoms with van der Waals surface area (Å²) >= 11 is 1.70. The summed E-state index contributed by atoms with van der Waals surface area (Å²) in [5.41, 5.74) is 1.78. The Morgan fingerprint density at radius 2 is 1.90 bits per heavy atom. The molecule has 2 atom stereocenters. The number of para-hydroxylation sites is 1.